The van der Waals surface area contributed by atoms with Gasteiger partial charge >= 0.3 is 0 Å². The molecule has 4 nitrogen and oxygen atoms in total. The van der Waals surface area contributed by atoms with Crippen molar-refractivity contribution in [3.8, 4) is 5.88 Å². The molecular weight excluding hydrogens is 226 g/mol. The summed E-state index contributed by atoms with van der Waals surface area (Å²) in [5, 5.41) is 0. The molecule has 0 aromatic carbocycles. The van der Waals surface area contributed by atoms with Crippen LogP contribution in [0.1, 0.15) is 27.2 Å². The highest BCUT2D eigenvalue weighted by atomic mass is 16.5. The largest absolute Gasteiger partial charge is 0.476 e. The predicted molar refractivity (Wildman–Crippen MR) is 75.0 cm³/mol. The van der Waals surface area contributed by atoms with Gasteiger partial charge < -0.3 is 15.4 Å². The van der Waals surface area contributed by atoms with E-state index in [0.29, 0.717) is 30.0 Å². The molecule has 1 aliphatic heterocycles. The summed E-state index contributed by atoms with van der Waals surface area (Å²) >= 11 is 0. The number of hydrogen-bond donors (Lipinski definition) is 1. The summed E-state index contributed by atoms with van der Waals surface area (Å²) in [5.74, 6) is 2.96. The zero-order valence-electron chi connectivity index (χ0n) is 11.5. The quantitative estimate of drug-likeness (QED) is 0.894. The van der Waals surface area contributed by atoms with Crippen molar-refractivity contribution >= 4 is 11.5 Å². The Morgan fingerprint density at radius 3 is 2.61 bits per heavy atom. The molecule has 1 aliphatic rings. The van der Waals surface area contributed by atoms with E-state index in [-0.39, 0.29) is 0 Å². The minimum atomic E-state index is 0.556. The third-order valence-corrected chi connectivity index (χ3v) is 3.35. The van der Waals surface area contributed by atoms with Crippen LogP contribution in [-0.4, -0.2) is 24.7 Å². The fourth-order valence-electron chi connectivity index (χ4n) is 2.72. The van der Waals surface area contributed by atoms with E-state index in [1.54, 1.807) is 0 Å². The molecule has 0 radical (unpaired) electrons. The smallest absolute Gasteiger partial charge is 0.239 e. The van der Waals surface area contributed by atoms with Crippen LogP contribution in [0.5, 0.6) is 5.88 Å². The van der Waals surface area contributed by atoms with Crippen molar-refractivity contribution in [3.63, 3.8) is 0 Å². The molecule has 1 fully saturated rings. The molecule has 1 saturated heterocycles. The van der Waals surface area contributed by atoms with Crippen molar-refractivity contribution in [2.24, 2.45) is 11.8 Å². The molecule has 2 rings (SSSR count). The van der Waals surface area contributed by atoms with Gasteiger partial charge in [0.15, 0.2) is 0 Å². The lowest BCUT2D eigenvalue weighted by Crippen LogP contribution is -2.39. The van der Waals surface area contributed by atoms with Crippen LogP contribution in [0.3, 0.4) is 0 Å². The van der Waals surface area contributed by atoms with Crippen LogP contribution in [0.4, 0.5) is 11.5 Å². The van der Waals surface area contributed by atoms with E-state index < -0.39 is 0 Å². The number of nitrogens with zero attached hydrogens (tertiary/aromatic N) is 2. The first-order chi connectivity index (χ1) is 8.60. The second-order valence-electron chi connectivity index (χ2n) is 5.35. The number of hydrogen-bond acceptors (Lipinski definition) is 4. The summed E-state index contributed by atoms with van der Waals surface area (Å²) < 4.78 is 5.46. The van der Waals surface area contributed by atoms with Gasteiger partial charge in [-0.05, 0) is 37.3 Å². The van der Waals surface area contributed by atoms with Crippen molar-refractivity contribution in [2.45, 2.75) is 27.2 Å². The summed E-state index contributed by atoms with van der Waals surface area (Å²) in [6.45, 7) is 9.25. The van der Waals surface area contributed by atoms with Crippen molar-refractivity contribution < 1.29 is 4.74 Å². The molecule has 0 saturated carbocycles. The summed E-state index contributed by atoms with van der Waals surface area (Å²) in [6, 6.07) is 3.87. The molecule has 1 aromatic heterocycles. The molecule has 0 aliphatic carbocycles. The van der Waals surface area contributed by atoms with Crippen LogP contribution in [0.25, 0.3) is 0 Å². The van der Waals surface area contributed by atoms with E-state index in [0.717, 1.165) is 18.9 Å². The maximum absolute atomic E-state index is 5.85. The first-order valence-electron chi connectivity index (χ1n) is 6.74. The topological polar surface area (TPSA) is 51.4 Å². The Morgan fingerprint density at radius 2 is 2.00 bits per heavy atom. The number of pyridine rings is 1. The van der Waals surface area contributed by atoms with Crippen molar-refractivity contribution in [1.82, 2.24) is 4.98 Å². The van der Waals surface area contributed by atoms with Gasteiger partial charge in [-0.15, -0.1) is 0 Å². The average Bonchev–Trinajstić information content (AvgIpc) is 2.31. The van der Waals surface area contributed by atoms with Crippen molar-refractivity contribution in [1.29, 1.82) is 0 Å². The van der Waals surface area contributed by atoms with Gasteiger partial charge in [0.25, 0.3) is 0 Å². The SMILES string of the molecule is CCOc1nc(N2CC(C)CC(C)C2)ccc1N. The van der Waals surface area contributed by atoms with Gasteiger partial charge in [-0.25, -0.2) is 0 Å². The monoisotopic (exact) mass is 249 g/mol. The summed E-state index contributed by atoms with van der Waals surface area (Å²) in [5.41, 5.74) is 6.46. The lowest BCUT2D eigenvalue weighted by molar-refractivity contribution is 0.326. The van der Waals surface area contributed by atoms with Crippen LogP contribution in [0.2, 0.25) is 0 Å². The highest BCUT2D eigenvalue weighted by Gasteiger charge is 2.23. The number of rotatable bonds is 3. The Bertz CT molecular complexity index is 398. The number of ether oxygens (including phenoxy) is 1. The summed E-state index contributed by atoms with van der Waals surface area (Å²) in [4.78, 5) is 6.87. The van der Waals surface area contributed by atoms with E-state index in [1.807, 2.05) is 19.1 Å². The second-order valence-corrected chi connectivity index (χ2v) is 5.35. The minimum Gasteiger partial charge on any atom is -0.476 e. The lowest BCUT2D eigenvalue weighted by Gasteiger charge is -2.35. The number of anilines is 2. The fraction of sp³-hybridized carbons (Fsp3) is 0.643. The van der Waals surface area contributed by atoms with E-state index in [2.05, 4.69) is 23.7 Å². The standard InChI is InChI=1S/C14H23N3O/c1-4-18-14-12(15)5-6-13(16-14)17-8-10(2)7-11(3)9-17/h5-6,10-11H,4,7-9,15H2,1-3H3. The normalized spacial score (nSPS) is 24.1. The Balaban J connectivity index is 2.19. The molecule has 2 heterocycles. The zero-order chi connectivity index (χ0) is 13.1. The Morgan fingerprint density at radius 1 is 1.33 bits per heavy atom. The Hall–Kier alpha value is -1.45. The second kappa shape index (κ2) is 5.46. The molecule has 18 heavy (non-hydrogen) atoms. The fourth-order valence-corrected chi connectivity index (χ4v) is 2.72. The number of piperidine rings is 1. The van der Waals surface area contributed by atoms with Gasteiger partial charge in [-0.1, -0.05) is 13.8 Å². The first-order valence-corrected chi connectivity index (χ1v) is 6.74. The minimum absolute atomic E-state index is 0.556. The third-order valence-electron chi connectivity index (χ3n) is 3.35. The zero-order valence-corrected chi connectivity index (χ0v) is 11.5. The highest BCUT2D eigenvalue weighted by molar-refractivity contribution is 5.54. The van der Waals surface area contributed by atoms with E-state index in [9.17, 15) is 0 Å². The van der Waals surface area contributed by atoms with Crippen LogP contribution in [0.15, 0.2) is 12.1 Å². The maximum Gasteiger partial charge on any atom is 0.239 e. The van der Waals surface area contributed by atoms with Crippen LogP contribution in [-0.2, 0) is 0 Å². The van der Waals surface area contributed by atoms with Crippen LogP contribution >= 0.6 is 0 Å². The molecule has 2 unspecified atom stereocenters. The van der Waals surface area contributed by atoms with E-state index in [1.165, 1.54) is 6.42 Å². The molecule has 0 amide bonds. The Kier molecular flexibility index (Phi) is 3.94. The van der Waals surface area contributed by atoms with Gasteiger partial charge in [0, 0.05) is 13.1 Å². The van der Waals surface area contributed by atoms with Crippen molar-refractivity contribution in [3.05, 3.63) is 12.1 Å². The van der Waals surface area contributed by atoms with Gasteiger partial charge in [-0.2, -0.15) is 4.98 Å². The molecule has 100 valence electrons. The molecule has 1 aromatic rings. The van der Waals surface area contributed by atoms with Gasteiger partial charge in [0.2, 0.25) is 5.88 Å². The van der Waals surface area contributed by atoms with E-state index in [4.69, 9.17) is 10.5 Å². The predicted octanol–water partition coefficient (Wildman–Crippen LogP) is 2.54. The number of nitrogen functional groups attached to an aromatic ring is 1. The third kappa shape index (κ3) is 2.86. The van der Waals surface area contributed by atoms with E-state index >= 15 is 0 Å². The summed E-state index contributed by atoms with van der Waals surface area (Å²) in [6.07, 6.45) is 1.30. The van der Waals surface area contributed by atoms with Gasteiger partial charge in [0.1, 0.15) is 5.82 Å². The van der Waals surface area contributed by atoms with Crippen LogP contribution < -0.4 is 15.4 Å². The maximum atomic E-state index is 5.85. The molecular formula is C14H23N3O. The highest BCUT2D eigenvalue weighted by Crippen LogP contribution is 2.28. The first kappa shape index (κ1) is 13.0. The molecule has 0 bridgehead atoms. The molecule has 0 spiro atoms. The van der Waals surface area contributed by atoms with Crippen molar-refractivity contribution in [2.75, 3.05) is 30.3 Å². The lowest BCUT2D eigenvalue weighted by atomic mass is 9.92. The van der Waals surface area contributed by atoms with Gasteiger partial charge in [0.05, 0.1) is 12.3 Å². The Labute approximate surface area is 109 Å². The summed E-state index contributed by atoms with van der Waals surface area (Å²) in [7, 11) is 0. The molecule has 4 heteroatoms. The average molecular weight is 249 g/mol. The number of nitrogens with two attached hydrogens (primary N) is 1. The molecule has 2 atom stereocenters. The number of aromatic nitrogens is 1. The van der Waals surface area contributed by atoms with Gasteiger partial charge in [-0.3, -0.25) is 0 Å². The molecule has 2 N–H and O–H groups in total. The van der Waals surface area contributed by atoms with Crippen LogP contribution in [0, 0.1) is 11.8 Å².